The number of rotatable bonds is 10. The van der Waals surface area contributed by atoms with E-state index in [-0.39, 0.29) is 24.5 Å². The second-order valence-electron chi connectivity index (χ2n) is 9.72. The Bertz CT molecular complexity index is 1360. The van der Waals surface area contributed by atoms with Gasteiger partial charge < -0.3 is 19.5 Å². The van der Waals surface area contributed by atoms with E-state index in [4.69, 9.17) is 14.2 Å². The second-order valence-corrected chi connectivity index (χ2v) is 9.72. The topological polar surface area (TPSA) is 56.8 Å². The first-order valence-corrected chi connectivity index (χ1v) is 13.5. The third kappa shape index (κ3) is 7.60. The lowest BCUT2D eigenvalue weighted by Crippen LogP contribution is -2.40. The van der Waals surface area contributed by atoms with Crippen molar-refractivity contribution >= 4 is 29.1 Å². The van der Waals surface area contributed by atoms with Crippen LogP contribution in [0.5, 0.6) is 5.75 Å². The average Bonchev–Trinajstić information content (AvgIpc) is 2.97. The molecule has 1 aliphatic rings. The molecule has 0 spiro atoms. The van der Waals surface area contributed by atoms with Gasteiger partial charge in [-0.3, -0.25) is 0 Å². The predicted octanol–water partition coefficient (Wildman–Crippen LogP) is 6.72. The molecule has 2 atom stereocenters. The molecule has 1 heterocycles. The highest BCUT2D eigenvalue weighted by Crippen LogP contribution is 2.29. The normalized spacial score (nSPS) is 16.8. The summed E-state index contributed by atoms with van der Waals surface area (Å²) < 4.78 is 17.4. The fraction of sp³-hybridized carbons (Fsp3) is 0.303. The summed E-state index contributed by atoms with van der Waals surface area (Å²) in [5.41, 5.74) is 4.14. The Kier molecular flexibility index (Phi) is 10.4. The van der Waals surface area contributed by atoms with Gasteiger partial charge in [0.25, 0.3) is 0 Å². The Hall–Kier alpha value is -3.38. The molecule has 1 aliphatic heterocycles. The number of hydrogen-bond donors (Lipinski definition) is 1. The van der Waals surface area contributed by atoms with E-state index >= 15 is 0 Å². The van der Waals surface area contributed by atoms with Crippen LogP contribution in [0.1, 0.15) is 46.3 Å². The number of ether oxygens (including phenoxy) is 3. The minimum absolute atomic E-state index is 0. The van der Waals surface area contributed by atoms with Crippen molar-refractivity contribution < 1.29 is 19.0 Å². The summed E-state index contributed by atoms with van der Waals surface area (Å²) in [5.74, 6) is 0.695. The van der Waals surface area contributed by atoms with Crippen LogP contribution in [0.2, 0.25) is 0 Å². The van der Waals surface area contributed by atoms with Gasteiger partial charge in [0.15, 0.2) is 0 Å². The van der Waals surface area contributed by atoms with E-state index in [1.807, 2.05) is 13.0 Å². The van der Waals surface area contributed by atoms with Crippen LogP contribution >= 0.6 is 12.4 Å². The third-order valence-electron chi connectivity index (χ3n) is 7.12. The van der Waals surface area contributed by atoms with Gasteiger partial charge in [0, 0.05) is 18.9 Å². The Labute approximate surface area is 236 Å². The van der Waals surface area contributed by atoms with E-state index in [0.717, 1.165) is 25.1 Å². The summed E-state index contributed by atoms with van der Waals surface area (Å²) >= 11 is 0. The summed E-state index contributed by atoms with van der Waals surface area (Å²) in [6.07, 6.45) is 1.83. The molecule has 4 aromatic rings. The highest BCUT2D eigenvalue weighted by Gasteiger charge is 2.27. The molecule has 5 rings (SSSR count). The molecule has 1 saturated heterocycles. The molecule has 1 N–H and O–H groups in total. The van der Waals surface area contributed by atoms with Crippen LogP contribution < -0.4 is 10.1 Å². The van der Waals surface area contributed by atoms with Gasteiger partial charge in [0.05, 0.1) is 31.5 Å². The van der Waals surface area contributed by atoms with Crippen molar-refractivity contribution in [1.82, 2.24) is 5.32 Å². The number of carbonyl (C=O) groups is 1. The smallest absolute Gasteiger partial charge is 0.338 e. The van der Waals surface area contributed by atoms with E-state index in [9.17, 15) is 4.79 Å². The molecule has 0 amide bonds. The monoisotopic (exact) mass is 545 g/mol. The highest BCUT2D eigenvalue weighted by molar-refractivity contribution is 5.89. The summed E-state index contributed by atoms with van der Waals surface area (Å²) in [7, 11) is 0. The minimum Gasteiger partial charge on any atom is -0.494 e. The van der Waals surface area contributed by atoms with Crippen molar-refractivity contribution in [2.45, 2.75) is 38.4 Å². The van der Waals surface area contributed by atoms with E-state index in [0.29, 0.717) is 43.5 Å². The van der Waals surface area contributed by atoms with Gasteiger partial charge >= 0.3 is 5.97 Å². The third-order valence-corrected chi connectivity index (χ3v) is 7.12. The lowest BCUT2D eigenvalue weighted by molar-refractivity contribution is 0.0106. The molecule has 0 radical (unpaired) electrons. The number of esters is 1. The van der Waals surface area contributed by atoms with Crippen LogP contribution in [0.25, 0.3) is 10.8 Å². The zero-order chi connectivity index (χ0) is 26.2. The van der Waals surface area contributed by atoms with Crippen LogP contribution in [0, 0.1) is 0 Å². The van der Waals surface area contributed by atoms with E-state index in [1.165, 1.54) is 21.9 Å². The first-order valence-electron chi connectivity index (χ1n) is 13.5. The minimum atomic E-state index is -0.329. The highest BCUT2D eigenvalue weighted by atomic mass is 35.5. The maximum atomic E-state index is 12.4. The van der Waals surface area contributed by atoms with Crippen molar-refractivity contribution in [3.63, 3.8) is 0 Å². The molecule has 5 nitrogen and oxygen atoms in total. The van der Waals surface area contributed by atoms with Gasteiger partial charge in [-0.1, -0.05) is 66.7 Å². The van der Waals surface area contributed by atoms with Crippen molar-refractivity contribution in [2.24, 2.45) is 0 Å². The molecule has 39 heavy (non-hydrogen) atoms. The molecular weight excluding hydrogens is 510 g/mol. The Morgan fingerprint density at radius 1 is 0.897 bits per heavy atom. The summed E-state index contributed by atoms with van der Waals surface area (Å²) in [6.45, 7) is 5.25. The quantitative estimate of drug-likeness (QED) is 0.224. The number of fused-ring (bicyclic) bond motifs is 1. The SMILES string of the molecule is CCOc1cccc(C(=O)OCCc2ccc(C3CCNCC3OCc3ccc4ccccc4c3)cc2)c1.Cl. The maximum absolute atomic E-state index is 12.4. The summed E-state index contributed by atoms with van der Waals surface area (Å²) in [6, 6.07) is 30.8. The molecule has 1 fully saturated rings. The number of benzene rings is 4. The molecular formula is C33H36ClNO4. The molecule has 0 bridgehead atoms. The molecule has 0 aliphatic carbocycles. The summed E-state index contributed by atoms with van der Waals surface area (Å²) in [4.78, 5) is 12.4. The number of nitrogens with one attached hydrogen (secondary N) is 1. The number of halogens is 1. The summed E-state index contributed by atoms with van der Waals surface area (Å²) in [5, 5.41) is 5.98. The van der Waals surface area contributed by atoms with Crippen LogP contribution in [0.4, 0.5) is 0 Å². The zero-order valence-corrected chi connectivity index (χ0v) is 23.1. The molecule has 0 saturated carbocycles. The maximum Gasteiger partial charge on any atom is 0.338 e. The van der Waals surface area contributed by atoms with E-state index < -0.39 is 0 Å². The zero-order valence-electron chi connectivity index (χ0n) is 22.3. The van der Waals surface area contributed by atoms with E-state index in [1.54, 1.807) is 18.2 Å². The lowest BCUT2D eigenvalue weighted by Gasteiger charge is -2.32. The second kappa shape index (κ2) is 14.1. The number of carbonyl (C=O) groups excluding carboxylic acids is 1. The lowest BCUT2D eigenvalue weighted by atomic mass is 9.87. The number of hydrogen-bond acceptors (Lipinski definition) is 5. The molecule has 2 unspecified atom stereocenters. The van der Waals surface area contributed by atoms with Crippen molar-refractivity contribution in [1.29, 1.82) is 0 Å². The molecule has 204 valence electrons. The van der Waals surface area contributed by atoms with Crippen LogP contribution in [-0.4, -0.2) is 38.4 Å². The Morgan fingerprint density at radius 3 is 2.51 bits per heavy atom. The Morgan fingerprint density at radius 2 is 1.69 bits per heavy atom. The largest absolute Gasteiger partial charge is 0.494 e. The standard InChI is InChI=1S/C33H35NO4.ClH/c1-2-36-30-9-5-8-29(21-30)33(35)37-19-17-24-10-14-27(15-11-24)31-16-18-34-22-32(31)38-23-25-12-13-26-6-3-4-7-28(26)20-25;/h3-15,20-21,31-32,34H,2,16-19,22-23H2,1H3;1H. The fourth-order valence-electron chi connectivity index (χ4n) is 5.07. The van der Waals surface area contributed by atoms with Gasteiger partial charge in [-0.15, -0.1) is 12.4 Å². The van der Waals surface area contributed by atoms with Gasteiger partial charge in [-0.25, -0.2) is 4.79 Å². The van der Waals surface area contributed by atoms with Crippen molar-refractivity contribution in [3.05, 3.63) is 113 Å². The molecule has 0 aromatic heterocycles. The van der Waals surface area contributed by atoms with Gasteiger partial charge in [-0.05, 0) is 71.6 Å². The van der Waals surface area contributed by atoms with Gasteiger partial charge in [0.1, 0.15) is 5.75 Å². The van der Waals surface area contributed by atoms with Crippen molar-refractivity contribution in [3.8, 4) is 5.75 Å². The molecule has 4 aromatic carbocycles. The van der Waals surface area contributed by atoms with Gasteiger partial charge in [-0.2, -0.15) is 0 Å². The van der Waals surface area contributed by atoms with Crippen LogP contribution in [-0.2, 0) is 22.5 Å². The first-order chi connectivity index (χ1) is 18.7. The van der Waals surface area contributed by atoms with Crippen LogP contribution in [0.3, 0.4) is 0 Å². The first kappa shape index (κ1) is 28.6. The van der Waals surface area contributed by atoms with Gasteiger partial charge in [0.2, 0.25) is 0 Å². The molecule has 6 heteroatoms. The average molecular weight is 546 g/mol. The number of piperidine rings is 1. The van der Waals surface area contributed by atoms with E-state index in [2.05, 4.69) is 72.0 Å². The van der Waals surface area contributed by atoms with Crippen molar-refractivity contribution in [2.75, 3.05) is 26.3 Å². The van der Waals surface area contributed by atoms with Crippen LogP contribution in [0.15, 0.2) is 91.0 Å². The fourth-order valence-corrected chi connectivity index (χ4v) is 5.07. The Balaban J connectivity index is 0.00000353. The predicted molar refractivity (Wildman–Crippen MR) is 158 cm³/mol.